The molecule has 1 saturated heterocycles. The van der Waals surface area contributed by atoms with E-state index in [9.17, 15) is 8.78 Å². The maximum Gasteiger partial charge on any atom is 0.225 e. The zero-order valence-electron chi connectivity index (χ0n) is 11.2. The smallest absolute Gasteiger partial charge is 0.225 e. The van der Waals surface area contributed by atoms with Crippen LogP contribution in [0.4, 0.5) is 14.7 Å². The van der Waals surface area contributed by atoms with Gasteiger partial charge in [-0.25, -0.2) is 18.7 Å². The number of aromatic nitrogens is 2. The van der Waals surface area contributed by atoms with E-state index in [1.54, 1.807) is 12.4 Å². The van der Waals surface area contributed by atoms with Crippen LogP contribution in [0.25, 0.3) is 0 Å². The van der Waals surface area contributed by atoms with Crippen LogP contribution in [-0.4, -0.2) is 23.1 Å². The van der Waals surface area contributed by atoms with Gasteiger partial charge in [0.2, 0.25) is 5.95 Å². The molecule has 0 spiro atoms. The van der Waals surface area contributed by atoms with Gasteiger partial charge >= 0.3 is 0 Å². The molecule has 1 aliphatic rings. The fourth-order valence-electron chi connectivity index (χ4n) is 2.63. The van der Waals surface area contributed by atoms with Gasteiger partial charge in [0, 0.05) is 37.0 Å². The molecule has 1 atom stereocenters. The van der Waals surface area contributed by atoms with E-state index in [1.807, 2.05) is 11.8 Å². The number of aryl methyl sites for hydroxylation is 1. The number of halogens is 2. The Kier molecular flexibility index (Phi) is 3.34. The van der Waals surface area contributed by atoms with Crippen LogP contribution in [0, 0.1) is 18.6 Å². The molecule has 0 radical (unpaired) electrons. The zero-order chi connectivity index (χ0) is 14.1. The predicted molar refractivity (Wildman–Crippen MR) is 72.7 cm³/mol. The Labute approximate surface area is 116 Å². The summed E-state index contributed by atoms with van der Waals surface area (Å²) in [5.41, 5.74) is 1.17. The van der Waals surface area contributed by atoms with E-state index < -0.39 is 11.6 Å². The maximum absolute atomic E-state index is 13.8. The first-order valence-corrected chi connectivity index (χ1v) is 6.62. The summed E-state index contributed by atoms with van der Waals surface area (Å²) < 4.78 is 27.6. The minimum atomic E-state index is -0.471. The third kappa shape index (κ3) is 2.35. The first-order chi connectivity index (χ1) is 9.65. The highest BCUT2D eigenvalue weighted by molar-refractivity contribution is 5.36. The number of benzene rings is 1. The predicted octanol–water partition coefficient (Wildman–Crippen LogP) is 3.06. The van der Waals surface area contributed by atoms with Crippen molar-refractivity contribution in [3.63, 3.8) is 0 Å². The molecular formula is C15H15F2N3. The van der Waals surface area contributed by atoms with Gasteiger partial charge in [0.15, 0.2) is 0 Å². The van der Waals surface area contributed by atoms with Crippen LogP contribution >= 0.6 is 0 Å². The van der Waals surface area contributed by atoms with Crippen molar-refractivity contribution in [2.75, 3.05) is 18.0 Å². The van der Waals surface area contributed by atoms with Crippen molar-refractivity contribution < 1.29 is 8.78 Å². The standard InChI is InChI=1S/C15H15F2N3/c1-10-7-18-15(19-8-10)20-6-5-11(9-20)14-12(16)3-2-4-13(14)17/h2-4,7-8,11H,5-6,9H2,1H3. The van der Waals surface area contributed by atoms with Gasteiger partial charge in [0.25, 0.3) is 0 Å². The molecule has 20 heavy (non-hydrogen) atoms. The summed E-state index contributed by atoms with van der Waals surface area (Å²) >= 11 is 0. The van der Waals surface area contributed by atoms with Crippen molar-refractivity contribution in [3.8, 4) is 0 Å². The van der Waals surface area contributed by atoms with Crippen molar-refractivity contribution in [2.45, 2.75) is 19.3 Å². The summed E-state index contributed by atoms with van der Waals surface area (Å²) in [6, 6.07) is 4.01. The van der Waals surface area contributed by atoms with Crippen molar-refractivity contribution >= 4 is 5.95 Å². The second kappa shape index (κ2) is 5.15. The Morgan fingerprint density at radius 1 is 1.15 bits per heavy atom. The summed E-state index contributed by atoms with van der Waals surface area (Å²) in [5.74, 6) is -0.473. The molecule has 0 N–H and O–H groups in total. The molecule has 3 nitrogen and oxygen atoms in total. The van der Waals surface area contributed by atoms with Gasteiger partial charge < -0.3 is 4.90 Å². The van der Waals surface area contributed by atoms with Crippen molar-refractivity contribution in [1.82, 2.24) is 9.97 Å². The molecule has 1 aromatic heterocycles. The second-order valence-corrected chi connectivity index (χ2v) is 5.13. The molecule has 104 valence electrons. The average molecular weight is 275 g/mol. The molecule has 3 rings (SSSR count). The molecule has 2 aromatic rings. The van der Waals surface area contributed by atoms with E-state index in [4.69, 9.17) is 0 Å². The van der Waals surface area contributed by atoms with Crippen molar-refractivity contribution in [1.29, 1.82) is 0 Å². The summed E-state index contributed by atoms with van der Waals surface area (Å²) in [6.45, 7) is 3.17. The molecule has 2 heterocycles. The third-order valence-corrected chi connectivity index (χ3v) is 3.65. The average Bonchev–Trinajstić information content (AvgIpc) is 2.89. The highest BCUT2D eigenvalue weighted by atomic mass is 19.1. The number of rotatable bonds is 2. The monoisotopic (exact) mass is 275 g/mol. The Morgan fingerprint density at radius 3 is 2.45 bits per heavy atom. The second-order valence-electron chi connectivity index (χ2n) is 5.13. The van der Waals surface area contributed by atoms with E-state index in [2.05, 4.69) is 9.97 Å². The molecular weight excluding hydrogens is 260 g/mol. The van der Waals surface area contributed by atoms with Gasteiger partial charge in [-0.2, -0.15) is 0 Å². The molecule has 0 amide bonds. The lowest BCUT2D eigenvalue weighted by Gasteiger charge is -2.16. The highest BCUT2D eigenvalue weighted by Gasteiger charge is 2.29. The highest BCUT2D eigenvalue weighted by Crippen LogP contribution is 2.32. The molecule has 1 aliphatic heterocycles. The first kappa shape index (κ1) is 13.0. The van der Waals surface area contributed by atoms with E-state index in [-0.39, 0.29) is 11.5 Å². The molecule has 0 aliphatic carbocycles. The lowest BCUT2D eigenvalue weighted by Crippen LogP contribution is -2.22. The number of hydrogen-bond donors (Lipinski definition) is 0. The van der Waals surface area contributed by atoms with E-state index in [0.29, 0.717) is 25.5 Å². The third-order valence-electron chi connectivity index (χ3n) is 3.65. The Hall–Kier alpha value is -2.04. The molecule has 5 heteroatoms. The van der Waals surface area contributed by atoms with Gasteiger partial charge in [0.1, 0.15) is 11.6 Å². The van der Waals surface area contributed by atoms with E-state index in [0.717, 1.165) is 5.56 Å². The van der Waals surface area contributed by atoms with Crippen LogP contribution in [0.2, 0.25) is 0 Å². The molecule has 0 bridgehead atoms. The lowest BCUT2D eigenvalue weighted by molar-refractivity contribution is 0.533. The largest absolute Gasteiger partial charge is 0.340 e. The quantitative estimate of drug-likeness (QED) is 0.843. The summed E-state index contributed by atoms with van der Waals surface area (Å²) in [7, 11) is 0. The molecule has 1 aromatic carbocycles. The number of hydrogen-bond acceptors (Lipinski definition) is 3. The Bertz CT molecular complexity index is 593. The van der Waals surface area contributed by atoms with Crippen LogP contribution in [0.5, 0.6) is 0 Å². The molecule has 1 unspecified atom stereocenters. The maximum atomic E-state index is 13.8. The van der Waals surface area contributed by atoms with Crippen molar-refractivity contribution in [2.24, 2.45) is 0 Å². The fraction of sp³-hybridized carbons (Fsp3) is 0.333. The minimum absolute atomic E-state index is 0.152. The fourth-order valence-corrected chi connectivity index (χ4v) is 2.63. The van der Waals surface area contributed by atoms with Gasteiger partial charge in [-0.15, -0.1) is 0 Å². The zero-order valence-corrected chi connectivity index (χ0v) is 11.2. The molecule has 0 saturated carbocycles. The SMILES string of the molecule is Cc1cnc(N2CCC(c3c(F)cccc3F)C2)nc1. The number of nitrogens with zero attached hydrogens (tertiary/aromatic N) is 3. The van der Waals surface area contributed by atoms with Crippen LogP contribution in [0.1, 0.15) is 23.5 Å². The Morgan fingerprint density at radius 2 is 1.80 bits per heavy atom. The van der Waals surface area contributed by atoms with Crippen LogP contribution in [0.3, 0.4) is 0 Å². The van der Waals surface area contributed by atoms with Crippen LogP contribution in [-0.2, 0) is 0 Å². The number of anilines is 1. The summed E-state index contributed by atoms with van der Waals surface area (Å²) in [4.78, 5) is 10.5. The minimum Gasteiger partial charge on any atom is -0.340 e. The lowest BCUT2D eigenvalue weighted by atomic mass is 9.97. The molecule has 1 fully saturated rings. The van der Waals surface area contributed by atoms with Crippen LogP contribution < -0.4 is 4.90 Å². The van der Waals surface area contributed by atoms with Crippen LogP contribution in [0.15, 0.2) is 30.6 Å². The van der Waals surface area contributed by atoms with E-state index in [1.165, 1.54) is 18.2 Å². The topological polar surface area (TPSA) is 29.0 Å². The summed E-state index contributed by atoms with van der Waals surface area (Å²) in [5, 5.41) is 0. The summed E-state index contributed by atoms with van der Waals surface area (Å²) in [6.07, 6.45) is 4.20. The van der Waals surface area contributed by atoms with E-state index >= 15 is 0 Å². The van der Waals surface area contributed by atoms with Crippen molar-refractivity contribution in [3.05, 3.63) is 53.4 Å². The van der Waals surface area contributed by atoms with Gasteiger partial charge in [-0.05, 0) is 31.0 Å². The first-order valence-electron chi connectivity index (χ1n) is 6.62. The van der Waals surface area contributed by atoms with Gasteiger partial charge in [-0.3, -0.25) is 0 Å². The van der Waals surface area contributed by atoms with Gasteiger partial charge in [-0.1, -0.05) is 6.07 Å². The Balaban J connectivity index is 1.81. The normalized spacial score (nSPS) is 18.6. The van der Waals surface area contributed by atoms with Gasteiger partial charge in [0.05, 0.1) is 0 Å².